The predicted molar refractivity (Wildman–Crippen MR) is 101 cm³/mol. The molecule has 1 atom stereocenters. The van der Waals surface area contributed by atoms with Crippen LogP contribution in [0.3, 0.4) is 0 Å². The Morgan fingerprint density at radius 1 is 1.07 bits per heavy atom. The van der Waals surface area contributed by atoms with Crippen molar-refractivity contribution in [3.63, 3.8) is 0 Å². The van der Waals surface area contributed by atoms with Crippen LogP contribution in [0.1, 0.15) is 47.8 Å². The van der Waals surface area contributed by atoms with E-state index in [2.05, 4.69) is 0 Å². The van der Waals surface area contributed by atoms with Crippen LogP contribution in [0.15, 0.2) is 42.5 Å². The van der Waals surface area contributed by atoms with Gasteiger partial charge in [0.15, 0.2) is 0 Å². The summed E-state index contributed by atoms with van der Waals surface area (Å²) in [5, 5.41) is 0.675. The van der Waals surface area contributed by atoms with E-state index in [4.69, 9.17) is 0 Å². The first kappa shape index (κ1) is 16.2. The summed E-state index contributed by atoms with van der Waals surface area (Å²) in [6.45, 7) is 3.94. The molecule has 2 aliphatic heterocycles. The first-order chi connectivity index (χ1) is 12.9. The molecule has 0 aliphatic carbocycles. The molecule has 27 heavy (non-hydrogen) atoms. The van der Waals surface area contributed by atoms with Crippen LogP contribution in [-0.2, 0) is 10.3 Å². The highest BCUT2D eigenvalue weighted by Crippen LogP contribution is 2.46. The van der Waals surface area contributed by atoms with Gasteiger partial charge in [0, 0.05) is 11.8 Å². The number of aryl methyl sites for hydroxylation is 1. The van der Waals surface area contributed by atoms with E-state index < -0.39 is 5.54 Å². The van der Waals surface area contributed by atoms with Crippen LogP contribution in [0.25, 0.3) is 10.9 Å². The number of aromatic nitrogens is 1. The molecule has 136 valence electrons. The Balaban J connectivity index is 1.93. The van der Waals surface area contributed by atoms with Crippen LogP contribution >= 0.6 is 0 Å². The van der Waals surface area contributed by atoms with Gasteiger partial charge in [-0.05, 0) is 63.1 Å². The van der Waals surface area contributed by atoms with Gasteiger partial charge in [-0.2, -0.15) is 0 Å². The van der Waals surface area contributed by atoms with Gasteiger partial charge in [0.05, 0.1) is 28.0 Å². The van der Waals surface area contributed by atoms with Crippen molar-refractivity contribution in [2.24, 2.45) is 0 Å². The van der Waals surface area contributed by atoms with Crippen molar-refractivity contribution in [1.82, 2.24) is 4.57 Å². The first-order valence-corrected chi connectivity index (χ1v) is 9.20. The molecular weight excluding hydrogens is 343 g/mol. The molecule has 0 bridgehead atoms. The fourth-order valence-corrected chi connectivity index (χ4v) is 4.66. The van der Waals surface area contributed by atoms with E-state index in [1.807, 2.05) is 38.1 Å². The maximum atomic E-state index is 13.8. The molecule has 0 N–H and O–H groups in total. The standard InChI is InChI=1S/C22H19FN2O2/c1-13-5-7-18-16(10-13)21(27)24-17-8-6-15(23)11-14(17)12-19(24)22(2)9-3-4-20(26)25(18)22/h5-8,10-12H,3-4,9H2,1-2H3. The lowest BCUT2D eigenvalue weighted by molar-refractivity contribution is -0.121. The van der Waals surface area contributed by atoms with Crippen molar-refractivity contribution in [2.45, 2.75) is 38.6 Å². The highest BCUT2D eigenvalue weighted by atomic mass is 19.1. The number of nitrogens with zero attached hydrogens (tertiary/aromatic N) is 2. The van der Waals surface area contributed by atoms with E-state index in [9.17, 15) is 14.0 Å². The third-order valence-corrected chi connectivity index (χ3v) is 5.94. The Morgan fingerprint density at radius 2 is 1.89 bits per heavy atom. The molecule has 0 spiro atoms. The lowest BCUT2D eigenvalue weighted by Gasteiger charge is -2.44. The van der Waals surface area contributed by atoms with Crippen molar-refractivity contribution >= 4 is 28.4 Å². The normalized spacial score (nSPS) is 21.7. The second-order valence-electron chi connectivity index (χ2n) is 7.75. The van der Waals surface area contributed by atoms with Crippen molar-refractivity contribution < 1.29 is 14.0 Å². The van der Waals surface area contributed by atoms with E-state index in [1.165, 1.54) is 12.1 Å². The number of fused-ring (bicyclic) bond motifs is 7. The minimum Gasteiger partial charge on any atom is -0.300 e. The summed E-state index contributed by atoms with van der Waals surface area (Å²) in [7, 11) is 0. The fourth-order valence-electron chi connectivity index (χ4n) is 4.66. The van der Waals surface area contributed by atoms with Gasteiger partial charge in [-0.15, -0.1) is 0 Å². The van der Waals surface area contributed by atoms with E-state index in [1.54, 1.807) is 15.5 Å². The first-order valence-electron chi connectivity index (χ1n) is 9.20. The molecular formula is C22H19FN2O2. The van der Waals surface area contributed by atoms with Crippen molar-refractivity contribution in [1.29, 1.82) is 0 Å². The van der Waals surface area contributed by atoms with Crippen molar-refractivity contribution in [3.8, 4) is 0 Å². The third kappa shape index (κ3) is 2.08. The molecule has 1 saturated heterocycles. The zero-order valence-electron chi connectivity index (χ0n) is 15.3. The Bertz CT molecular complexity index is 1150. The molecule has 4 nitrogen and oxygen atoms in total. The molecule has 1 aromatic heterocycles. The lowest BCUT2D eigenvalue weighted by Crippen LogP contribution is -2.51. The molecule has 2 aliphatic rings. The molecule has 1 fully saturated rings. The summed E-state index contributed by atoms with van der Waals surface area (Å²) in [6.07, 6.45) is 1.97. The van der Waals surface area contributed by atoms with E-state index in [-0.39, 0.29) is 17.6 Å². The van der Waals surface area contributed by atoms with E-state index in [0.717, 1.165) is 24.1 Å². The van der Waals surface area contributed by atoms with Gasteiger partial charge in [-0.1, -0.05) is 11.6 Å². The van der Waals surface area contributed by atoms with Crippen LogP contribution in [0.5, 0.6) is 0 Å². The number of carbonyl (C=O) groups excluding carboxylic acids is 2. The Morgan fingerprint density at radius 3 is 2.70 bits per heavy atom. The fraction of sp³-hybridized carbons (Fsp3) is 0.273. The van der Waals surface area contributed by atoms with Gasteiger partial charge < -0.3 is 4.90 Å². The minimum atomic E-state index is -0.652. The minimum absolute atomic E-state index is 0.0199. The maximum Gasteiger partial charge on any atom is 0.264 e. The Labute approximate surface area is 156 Å². The molecule has 2 aromatic carbocycles. The zero-order chi connectivity index (χ0) is 18.9. The smallest absolute Gasteiger partial charge is 0.264 e. The summed E-state index contributed by atoms with van der Waals surface area (Å²) in [5.74, 6) is -0.492. The van der Waals surface area contributed by atoms with Gasteiger partial charge >= 0.3 is 0 Å². The monoisotopic (exact) mass is 362 g/mol. The SMILES string of the molecule is Cc1ccc2c(c1)C(=O)n1c(cc3cc(F)ccc31)C1(C)CCCC(=O)N21. The van der Waals surface area contributed by atoms with Crippen LogP contribution in [0.2, 0.25) is 0 Å². The maximum absolute atomic E-state index is 13.8. The Kier molecular flexibility index (Phi) is 3.18. The number of piperidine rings is 1. The summed E-state index contributed by atoms with van der Waals surface area (Å²) in [5.41, 5.74) is 2.90. The molecule has 1 amide bonds. The van der Waals surface area contributed by atoms with Crippen molar-refractivity contribution in [2.75, 3.05) is 4.90 Å². The molecule has 1 unspecified atom stereocenters. The average molecular weight is 362 g/mol. The molecule has 5 heteroatoms. The molecule has 5 rings (SSSR count). The second kappa shape index (κ2) is 5.28. The van der Waals surface area contributed by atoms with Crippen LogP contribution in [-0.4, -0.2) is 16.4 Å². The second-order valence-corrected chi connectivity index (χ2v) is 7.75. The van der Waals surface area contributed by atoms with Gasteiger partial charge in [0.2, 0.25) is 5.91 Å². The number of anilines is 1. The molecule has 0 radical (unpaired) electrons. The molecule has 3 aromatic rings. The van der Waals surface area contributed by atoms with Gasteiger partial charge in [0.25, 0.3) is 5.91 Å². The van der Waals surface area contributed by atoms with Crippen LogP contribution in [0.4, 0.5) is 10.1 Å². The number of hydrogen-bond acceptors (Lipinski definition) is 2. The topological polar surface area (TPSA) is 42.3 Å². The number of benzene rings is 2. The lowest BCUT2D eigenvalue weighted by atomic mass is 9.84. The van der Waals surface area contributed by atoms with Crippen molar-refractivity contribution in [3.05, 3.63) is 65.1 Å². The number of carbonyl (C=O) groups is 2. The summed E-state index contributed by atoms with van der Waals surface area (Å²) in [6, 6.07) is 12.0. The predicted octanol–water partition coefficient (Wildman–Crippen LogP) is 4.52. The van der Waals surface area contributed by atoms with Gasteiger partial charge in [-0.3, -0.25) is 14.2 Å². The van der Waals surface area contributed by atoms with E-state index >= 15 is 0 Å². The number of halogens is 1. The summed E-state index contributed by atoms with van der Waals surface area (Å²) >= 11 is 0. The largest absolute Gasteiger partial charge is 0.300 e. The Hall–Kier alpha value is -2.95. The van der Waals surface area contributed by atoms with Crippen LogP contribution in [0, 0.1) is 12.7 Å². The molecule has 3 heterocycles. The van der Waals surface area contributed by atoms with E-state index in [0.29, 0.717) is 28.6 Å². The summed E-state index contributed by atoms with van der Waals surface area (Å²) in [4.78, 5) is 28.3. The van der Waals surface area contributed by atoms with Gasteiger partial charge in [0.1, 0.15) is 5.82 Å². The van der Waals surface area contributed by atoms with Gasteiger partial charge in [-0.25, -0.2) is 4.39 Å². The summed E-state index contributed by atoms with van der Waals surface area (Å²) < 4.78 is 15.5. The quantitative estimate of drug-likeness (QED) is 0.590. The number of rotatable bonds is 0. The number of amides is 1. The third-order valence-electron chi connectivity index (χ3n) is 5.94. The highest BCUT2D eigenvalue weighted by Gasteiger charge is 2.47. The average Bonchev–Trinajstić information content (AvgIpc) is 2.98. The number of hydrogen-bond donors (Lipinski definition) is 0. The van der Waals surface area contributed by atoms with Crippen LogP contribution < -0.4 is 4.90 Å². The zero-order valence-corrected chi connectivity index (χ0v) is 15.3. The highest BCUT2D eigenvalue weighted by molar-refractivity contribution is 6.11. The molecule has 0 saturated carbocycles.